The zero-order valence-corrected chi connectivity index (χ0v) is 13.0. The Balaban J connectivity index is 2.21. The molecule has 1 aliphatic rings. The lowest BCUT2D eigenvalue weighted by molar-refractivity contribution is -0.150. The first-order valence-electron chi connectivity index (χ1n) is 6.89. The van der Waals surface area contributed by atoms with Gasteiger partial charge >= 0.3 is 5.97 Å². The first-order chi connectivity index (χ1) is 10.3. The molecular weight excluding hydrogens is 313 g/mol. The molecule has 2 rings (SSSR count). The van der Waals surface area contributed by atoms with Crippen LogP contribution in [0.15, 0.2) is 18.2 Å². The van der Waals surface area contributed by atoms with Crippen molar-refractivity contribution in [1.29, 1.82) is 0 Å². The summed E-state index contributed by atoms with van der Waals surface area (Å²) in [4.78, 5) is 24.7. The number of carboxylic acid groups (broad SMARTS) is 1. The van der Waals surface area contributed by atoms with E-state index in [0.29, 0.717) is 18.6 Å². The Hall–Kier alpha value is -1.66. The predicted molar refractivity (Wildman–Crippen MR) is 78.1 cm³/mol. The highest BCUT2D eigenvalue weighted by molar-refractivity contribution is 6.30. The molecule has 0 aliphatic carbocycles. The third-order valence-electron chi connectivity index (χ3n) is 3.97. The summed E-state index contributed by atoms with van der Waals surface area (Å²) in [5.41, 5.74) is 0.522. The van der Waals surface area contributed by atoms with E-state index < -0.39 is 29.9 Å². The molecule has 0 radical (unpaired) electrons. The fourth-order valence-electron chi connectivity index (χ4n) is 2.48. The Morgan fingerprint density at radius 2 is 2.18 bits per heavy atom. The second-order valence-electron chi connectivity index (χ2n) is 5.32. The molecule has 1 aromatic carbocycles. The van der Waals surface area contributed by atoms with Crippen LogP contribution in [-0.2, 0) is 14.3 Å². The van der Waals surface area contributed by atoms with Gasteiger partial charge in [0.05, 0.1) is 17.0 Å². The van der Waals surface area contributed by atoms with Gasteiger partial charge in [-0.1, -0.05) is 17.7 Å². The van der Waals surface area contributed by atoms with Crippen molar-refractivity contribution in [3.05, 3.63) is 34.6 Å². The van der Waals surface area contributed by atoms with E-state index in [1.807, 2.05) is 0 Å². The van der Waals surface area contributed by atoms with Crippen molar-refractivity contribution >= 4 is 23.5 Å². The minimum atomic E-state index is -1.08. The standard InChI is InChI=1S/C15H17ClFNO4/c1-8(15(20)21)18(2)14(19)10-5-6-22-13(10)9-3-4-11(16)12(17)7-9/h3-4,7-8,10,13H,5-6H2,1-2H3,(H,20,21)/t8?,10-,13+/m1/s1. The molecule has 1 N–H and O–H groups in total. The summed E-state index contributed by atoms with van der Waals surface area (Å²) < 4.78 is 19.1. The van der Waals surface area contributed by atoms with Gasteiger partial charge in [0, 0.05) is 13.7 Å². The second kappa shape index (κ2) is 6.62. The van der Waals surface area contributed by atoms with Crippen LogP contribution >= 0.6 is 11.6 Å². The number of hydrogen-bond acceptors (Lipinski definition) is 3. The number of nitrogens with zero attached hydrogens (tertiary/aromatic N) is 1. The number of halogens is 2. The Labute approximate surface area is 132 Å². The average Bonchev–Trinajstić information content (AvgIpc) is 2.97. The second-order valence-corrected chi connectivity index (χ2v) is 5.73. The molecule has 7 heteroatoms. The van der Waals surface area contributed by atoms with E-state index in [4.69, 9.17) is 21.4 Å². The van der Waals surface area contributed by atoms with Crippen LogP contribution in [0.2, 0.25) is 5.02 Å². The number of carbonyl (C=O) groups is 2. The summed E-state index contributed by atoms with van der Waals surface area (Å²) in [5.74, 6) is -2.52. The molecule has 0 spiro atoms. The topological polar surface area (TPSA) is 66.8 Å². The first-order valence-corrected chi connectivity index (χ1v) is 7.26. The van der Waals surface area contributed by atoms with Gasteiger partial charge in [-0.2, -0.15) is 0 Å². The Morgan fingerprint density at radius 1 is 1.50 bits per heavy atom. The van der Waals surface area contributed by atoms with Gasteiger partial charge in [0.25, 0.3) is 0 Å². The SMILES string of the molecule is CC(C(=O)O)N(C)C(=O)[C@@H]1CCO[C@H]1c1ccc(Cl)c(F)c1. The van der Waals surface area contributed by atoms with E-state index in [1.54, 1.807) is 6.07 Å². The van der Waals surface area contributed by atoms with Crippen LogP contribution in [0.1, 0.15) is 25.0 Å². The Morgan fingerprint density at radius 3 is 2.77 bits per heavy atom. The van der Waals surface area contributed by atoms with Crippen molar-refractivity contribution < 1.29 is 23.8 Å². The van der Waals surface area contributed by atoms with Crippen molar-refractivity contribution in [2.24, 2.45) is 5.92 Å². The third kappa shape index (κ3) is 3.23. The third-order valence-corrected chi connectivity index (χ3v) is 4.27. The summed E-state index contributed by atoms with van der Waals surface area (Å²) in [6.07, 6.45) is -0.132. The monoisotopic (exact) mass is 329 g/mol. The molecule has 22 heavy (non-hydrogen) atoms. The maximum atomic E-state index is 13.6. The largest absolute Gasteiger partial charge is 0.480 e. The first kappa shape index (κ1) is 16.7. The molecule has 1 amide bonds. The fraction of sp³-hybridized carbons (Fsp3) is 0.467. The normalized spacial score (nSPS) is 22.4. The molecule has 1 saturated heterocycles. The van der Waals surface area contributed by atoms with Gasteiger partial charge in [-0.3, -0.25) is 4.79 Å². The zero-order chi connectivity index (χ0) is 16.4. The zero-order valence-electron chi connectivity index (χ0n) is 12.3. The number of hydrogen-bond donors (Lipinski definition) is 1. The molecule has 1 heterocycles. The maximum absolute atomic E-state index is 13.6. The quantitative estimate of drug-likeness (QED) is 0.921. The molecule has 0 aromatic heterocycles. The summed E-state index contributed by atoms with van der Waals surface area (Å²) in [7, 11) is 1.44. The smallest absolute Gasteiger partial charge is 0.326 e. The minimum Gasteiger partial charge on any atom is -0.480 e. The number of carboxylic acids is 1. The van der Waals surface area contributed by atoms with E-state index in [-0.39, 0.29) is 10.9 Å². The molecule has 1 fully saturated rings. The van der Waals surface area contributed by atoms with Gasteiger partial charge in [0.1, 0.15) is 11.9 Å². The summed E-state index contributed by atoms with van der Waals surface area (Å²) in [6, 6.07) is 3.34. The molecular formula is C15H17ClFNO4. The van der Waals surface area contributed by atoms with Crippen LogP contribution in [-0.4, -0.2) is 41.6 Å². The van der Waals surface area contributed by atoms with E-state index in [0.717, 1.165) is 0 Å². The lowest BCUT2D eigenvalue weighted by Crippen LogP contribution is -2.43. The number of rotatable bonds is 4. The molecule has 3 atom stereocenters. The van der Waals surface area contributed by atoms with Gasteiger partial charge in [0.2, 0.25) is 5.91 Å². The summed E-state index contributed by atoms with van der Waals surface area (Å²) in [5, 5.41) is 9.01. The van der Waals surface area contributed by atoms with Gasteiger partial charge < -0.3 is 14.7 Å². The van der Waals surface area contributed by atoms with Crippen molar-refractivity contribution in [1.82, 2.24) is 4.90 Å². The van der Waals surface area contributed by atoms with Crippen molar-refractivity contribution in [2.75, 3.05) is 13.7 Å². The van der Waals surface area contributed by atoms with Crippen molar-refractivity contribution in [3.8, 4) is 0 Å². The average molecular weight is 330 g/mol. The number of likely N-dealkylation sites (N-methyl/N-ethyl adjacent to an activating group) is 1. The molecule has 120 valence electrons. The van der Waals surface area contributed by atoms with Gasteiger partial charge in [-0.15, -0.1) is 0 Å². The highest BCUT2D eigenvalue weighted by atomic mass is 35.5. The van der Waals surface area contributed by atoms with Gasteiger partial charge in [0.15, 0.2) is 0 Å². The minimum absolute atomic E-state index is 0.00115. The summed E-state index contributed by atoms with van der Waals surface area (Å²) >= 11 is 5.66. The van der Waals surface area contributed by atoms with E-state index in [1.165, 1.54) is 31.0 Å². The lowest BCUT2D eigenvalue weighted by Gasteiger charge is -2.27. The van der Waals surface area contributed by atoms with Crippen LogP contribution < -0.4 is 0 Å². The molecule has 1 aliphatic heterocycles. The molecule has 5 nitrogen and oxygen atoms in total. The van der Waals surface area contributed by atoms with E-state index in [2.05, 4.69) is 0 Å². The summed E-state index contributed by atoms with van der Waals surface area (Å²) in [6.45, 7) is 1.80. The van der Waals surface area contributed by atoms with Gasteiger partial charge in [-0.25, -0.2) is 9.18 Å². The Bertz CT molecular complexity index is 595. The number of ether oxygens (including phenoxy) is 1. The predicted octanol–water partition coefficient (Wildman–Crippen LogP) is 2.49. The van der Waals surface area contributed by atoms with Crippen LogP contribution in [0.5, 0.6) is 0 Å². The maximum Gasteiger partial charge on any atom is 0.326 e. The molecule has 0 bridgehead atoms. The number of benzene rings is 1. The number of aliphatic carboxylic acids is 1. The highest BCUT2D eigenvalue weighted by Gasteiger charge is 2.38. The molecule has 0 saturated carbocycles. The molecule has 1 aromatic rings. The van der Waals surface area contributed by atoms with E-state index in [9.17, 15) is 14.0 Å². The van der Waals surface area contributed by atoms with Crippen molar-refractivity contribution in [2.45, 2.75) is 25.5 Å². The highest BCUT2D eigenvalue weighted by Crippen LogP contribution is 2.36. The lowest BCUT2D eigenvalue weighted by atomic mass is 9.93. The van der Waals surface area contributed by atoms with Crippen LogP contribution in [0, 0.1) is 11.7 Å². The van der Waals surface area contributed by atoms with Crippen molar-refractivity contribution in [3.63, 3.8) is 0 Å². The number of carbonyl (C=O) groups excluding carboxylic acids is 1. The molecule has 1 unspecified atom stereocenters. The number of amides is 1. The van der Waals surface area contributed by atoms with Crippen LogP contribution in [0.25, 0.3) is 0 Å². The van der Waals surface area contributed by atoms with Gasteiger partial charge in [-0.05, 0) is 31.0 Å². The van der Waals surface area contributed by atoms with Crippen LogP contribution in [0.3, 0.4) is 0 Å². The van der Waals surface area contributed by atoms with Crippen LogP contribution in [0.4, 0.5) is 4.39 Å². The van der Waals surface area contributed by atoms with E-state index >= 15 is 0 Å². The fourth-order valence-corrected chi connectivity index (χ4v) is 2.60. The Kier molecular flexibility index (Phi) is 5.03.